The largest absolute Gasteiger partial charge is 0.457 e. The number of hydrogen-bond acceptors (Lipinski definition) is 8. The Morgan fingerprint density at radius 1 is 0.936 bits per heavy atom. The van der Waals surface area contributed by atoms with Crippen LogP contribution in [-0.4, -0.2) is 97.8 Å². The molecule has 0 aliphatic carbocycles. The van der Waals surface area contributed by atoms with E-state index in [1.54, 1.807) is 6.08 Å². The van der Waals surface area contributed by atoms with Gasteiger partial charge >= 0.3 is 0 Å². The predicted octanol–water partition coefficient (Wildman–Crippen LogP) is 5.10. The number of nitrogens with two attached hydrogens (primary N) is 1. The van der Waals surface area contributed by atoms with Crippen molar-refractivity contribution in [1.29, 1.82) is 0 Å². The molecule has 0 unspecified atom stereocenters. The maximum atomic E-state index is 13.3. The van der Waals surface area contributed by atoms with Gasteiger partial charge < -0.3 is 20.3 Å². The number of benzene rings is 2. The average molecular weight is 654 g/mol. The number of hydrogen-bond donors (Lipinski definition) is 1. The zero-order valence-electron chi connectivity index (χ0n) is 26.5. The van der Waals surface area contributed by atoms with Gasteiger partial charge in [0, 0.05) is 69.6 Å². The lowest BCUT2D eigenvalue weighted by Crippen LogP contribution is -2.48. The van der Waals surface area contributed by atoms with Crippen LogP contribution in [0.1, 0.15) is 38.1 Å². The number of aromatic nitrogens is 4. The van der Waals surface area contributed by atoms with Crippen LogP contribution in [0.3, 0.4) is 0 Å². The van der Waals surface area contributed by atoms with Crippen molar-refractivity contribution >= 4 is 41.3 Å². The van der Waals surface area contributed by atoms with Crippen LogP contribution in [0, 0.1) is 0 Å². The quantitative estimate of drug-likeness (QED) is 0.175. The number of nitrogen functional groups attached to an aromatic ring is 1. The minimum atomic E-state index is -0.0518. The number of piperazine rings is 1. The van der Waals surface area contributed by atoms with Gasteiger partial charge in [-0.2, -0.15) is 5.10 Å². The van der Waals surface area contributed by atoms with E-state index in [4.69, 9.17) is 28.2 Å². The summed E-state index contributed by atoms with van der Waals surface area (Å²) in [4.78, 5) is 40.6. The second-order valence-corrected chi connectivity index (χ2v) is 12.4. The van der Waals surface area contributed by atoms with E-state index >= 15 is 0 Å². The molecule has 6 rings (SSSR count). The number of carbonyl (C=O) groups is 2. The first-order chi connectivity index (χ1) is 23.0. The third kappa shape index (κ3) is 7.94. The van der Waals surface area contributed by atoms with Crippen molar-refractivity contribution in [3.8, 4) is 22.8 Å². The number of para-hydroxylation sites is 1. The number of carbonyl (C=O) groups excluding carboxylic acids is 2. The number of rotatable bonds is 11. The number of nitrogens with zero attached hydrogens (tertiary/aromatic N) is 7. The molecule has 4 aromatic rings. The van der Waals surface area contributed by atoms with E-state index in [1.807, 2.05) is 75.2 Å². The standard InChI is InChI=1S/C35H41N8O3S/c36-34-32-33(26-13-15-29(16-14-26)46-28-9-2-1-3-10-28)39-43(35(32)38-25-37-34)27-8-6-18-42(24-27)31(45)12-7-17-40-19-21-41(22-20-40)30(44)11-4-5-23-47/h1-3,7,9-10,12-16,25,27H,4-6,8,11,17-24H2,(H2,36,37,38)/b12-7+/t27-/m1/s1. The van der Waals surface area contributed by atoms with Gasteiger partial charge in [0.15, 0.2) is 5.65 Å². The molecule has 2 aliphatic heterocycles. The van der Waals surface area contributed by atoms with Crippen LogP contribution in [0.5, 0.6) is 11.5 Å². The highest BCUT2D eigenvalue weighted by molar-refractivity contribution is 7.80. The molecule has 2 amide bonds. The number of amides is 2. The fourth-order valence-electron chi connectivity index (χ4n) is 6.24. The molecule has 1 radical (unpaired) electrons. The maximum Gasteiger partial charge on any atom is 0.246 e. The number of piperidine rings is 1. The summed E-state index contributed by atoms with van der Waals surface area (Å²) in [5.41, 5.74) is 8.61. The Balaban J connectivity index is 1.09. The highest BCUT2D eigenvalue weighted by Crippen LogP contribution is 2.35. The zero-order valence-corrected chi connectivity index (χ0v) is 27.4. The summed E-state index contributed by atoms with van der Waals surface area (Å²) in [6.45, 7) is 4.96. The van der Waals surface area contributed by atoms with Gasteiger partial charge in [-0.3, -0.25) is 14.5 Å². The van der Waals surface area contributed by atoms with E-state index in [0.717, 1.165) is 68.9 Å². The van der Waals surface area contributed by atoms with Crippen molar-refractivity contribution in [2.24, 2.45) is 0 Å². The van der Waals surface area contributed by atoms with Crippen LogP contribution in [0.15, 0.2) is 73.1 Å². The fraction of sp³-hybridized carbons (Fsp3) is 0.400. The van der Waals surface area contributed by atoms with Crippen LogP contribution in [0.2, 0.25) is 0 Å². The second-order valence-electron chi connectivity index (χ2n) is 12.0. The fourth-order valence-corrected chi connectivity index (χ4v) is 6.44. The third-order valence-corrected chi connectivity index (χ3v) is 9.10. The molecule has 4 heterocycles. The minimum Gasteiger partial charge on any atom is -0.457 e. The summed E-state index contributed by atoms with van der Waals surface area (Å²) in [6, 6.07) is 17.3. The van der Waals surface area contributed by atoms with Crippen molar-refractivity contribution < 1.29 is 14.3 Å². The molecular weight excluding hydrogens is 613 g/mol. The first kappa shape index (κ1) is 32.5. The molecule has 1 atom stereocenters. The average Bonchev–Trinajstić information content (AvgIpc) is 3.50. The Morgan fingerprint density at radius 3 is 2.47 bits per heavy atom. The number of likely N-dealkylation sites (tertiary alicyclic amines) is 1. The van der Waals surface area contributed by atoms with Gasteiger partial charge in [-0.15, -0.1) is 0 Å². The van der Waals surface area contributed by atoms with E-state index in [-0.39, 0.29) is 17.9 Å². The van der Waals surface area contributed by atoms with Crippen LogP contribution in [-0.2, 0) is 9.59 Å². The first-order valence-corrected chi connectivity index (χ1v) is 16.9. The molecule has 2 fully saturated rings. The van der Waals surface area contributed by atoms with Gasteiger partial charge in [-0.1, -0.05) is 36.9 Å². The number of anilines is 1. The van der Waals surface area contributed by atoms with Crippen molar-refractivity contribution in [1.82, 2.24) is 34.4 Å². The Morgan fingerprint density at radius 2 is 1.70 bits per heavy atom. The van der Waals surface area contributed by atoms with Crippen molar-refractivity contribution in [3.63, 3.8) is 0 Å². The van der Waals surface area contributed by atoms with Gasteiger partial charge in [0.2, 0.25) is 11.8 Å². The van der Waals surface area contributed by atoms with Crippen LogP contribution in [0.4, 0.5) is 5.82 Å². The lowest BCUT2D eigenvalue weighted by molar-refractivity contribution is -0.133. The van der Waals surface area contributed by atoms with E-state index in [2.05, 4.69) is 14.9 Å². The summed E-state index contributed by atoms with van der Waals surface area (Å²) >= 11 is 4.98. The minimum absolute atomic E-state index is 0.00918. The monoisotopic (exact) mass is 653 g/mol. The number of fused-ring (bicyclic) bond motifs is 1. The van der Waals surface area contributed by atoms with Gasteiger partial charge in [0.25, 0.3) is 0 Å². The Hall–Kier alpha value is -4.42. The number of unbranched alkanes of at least 4 members (excludes halogenated alkanes) is 1. The predicted molar refractivity (Wildman–Crippen MR) is 185 cm³/mol. The van der Waals surface area contributed by atoms with Crippen molar-refractivity contribution in [3.05, 3.63) is 73.1 Å². The molecule has 0 saturated carbocycles. The molecule has 2 aromatic heterocycles. The summed E-state index contributed by atoms with van der Waals surface area (Å²) in [5.74, 6) is 2.76. The zero-order chi connectivity index (χ0) is 32.6. The second kappa shape index (κ2) is 15.4. The van der Waals surface area contributed by atoms with Crippen molar-refractivity contribution in [2.75, 3.05) is 57.3 Å². The lowest BCUT2D eigenvalue weighted by Gasteiger charge is -2.34. The molecular formula is C35H41N8O3S. The lowest BCUT2D eigenvalue weighted by atomic mass is 10.1. The van der Waals surface area contributed by atoms with Crippen LogP contribution >= 0.6 is 12.6 Å². The highest BCUT2D eigenvalue weighted by atomic mass is 32.1. The SMILES string of the molecule is Nc1ncnc2c1c(-c1ccc(Oc3ccccc3)cc1)nn2[C@@H]1CCCN(C(=O)/C=C/CN2CCN(C(=O)CCCC[S])CC2)C1. The van der Waals surface area contributed by atoms with Gasteiger partial charge in [0.05, 0.1) is 11.4 Å². The molecule has 11 nitrogen and oxygen atoms in total. The maximum absolute atomic E-state index is 13.3. The molecule has 245 valence electrons. The van der Waals surface area contributed by atoms with Crippen LogP contribution in [0.25, 0.3) is 22.3 Å². The van der Waals surface area contributed by atoms with Gasteiger partial charge in [0.1, 0.15) is 29.3 Å². The van der Waals surface area contributed by atoms with Crippen molar-refractivity contribution in [2.45, 2.75) is 38.1 Å². The molecule has 0 spiro atoms. The van der Waals surface area contributed by atoms with Gasteiger partial charge in [-0.25, -0.2) is 14.6 Å². The number of ether oxygens (including phenoxy) is 1. The smallest absolute Gasteiger partial charge is 0.246 e. The van der Waals surface area contributed by atoms with E-state index in [9.17, 15) is 9.59 Å². The molecule has 47 heavy (non-hydrogen) atoms. The Bertz CT molecular complexity index is 1690. The normalized spacial score (nSPS) is 17.4. The van der Waals surface area contributed by atoms with E-state index < -0.39 is 0 Å². The topological polar surface area (TPSA) is 123 Å². The molecule has 0 bridgehead atoms. The van der Waals surface area contributed by atoms with Gasteiger partial charge in [-0.05, 0) is 62.1 Å². The Labute approximate surface area is 280 Å². The van der Waals surface area contributed by atoms with Crippen LogP contribution < -0.4 is 10.5 Å². The molecule has 2 N–H and O–H groups in total. The molecule has 2 saturated heterocycles. The molecule has 12 heteroatoms. The summed E-state index contributed by atoms with van der Waals surface area (Å²) < 4.78 is 7.88. The summed E-state index contributed by atoms with van der Waals surface area (Å²) in [6.07, 6.45) is 9.17. The highest BCUT2D eigenvalue weighted by Gasteiger charge is 2.28. The van der Waals surface area contributed by atoms with E-state index in [0.29, 0.717) is 54.4 Å². The molecule has 2 aromatic carbocycles. The first-order valence-electron chi connectivity index (χ1n) is 16.4. The summed E-state index contributed by atoms with van der Waals surface area (Å²) in [5, 5.41) is 5.71. The molecule has 2 aliphatic rings. The third-order valence-electron chi connectivity index (χ3n) is 8.81. The Kier molecular flexibility index (Phi) is 10.7. The summed E-state index contributed by atoms with van der Waals surface area (Å²) in [7, 11) is 0. The van der Waals surface area contributed by atoms with E-state index in [1.165, 1.54) is 6.33 Å².